The van der Waals surface area contributed by atoms with Gasteiger partial charge < -0.3 is 5.32 Å². The lowest BCUT2D eigenvalue weighted by Crippen LogP contribution is -2.41. The van der Waals surface area contributed by atoms with E-state index in [2.05, 4.69) is 48.5 Å². The molecule has 0 heterocycles. The summed E-state index contributed by atoms with van der Waals surface area (Å²) in [5.41, 5.74) is 2.45. The molecule has 1 aromatic carbocycles. The van der Waals surface area contributed by atoms with Crippen molar-refractivity contribution in [3.8, 4) is 0 Å². The summed E-state index contributed by atoms with van der Waals surface area (Å²) in [6, 6.07) is 11.1. The van der Waals surface area contributed by atoms with E-state index in [1.807, 2.05) is 11.8 Å². The third kappa shape index (κ3) is 3.63. The zero-order valence-electron chi connectivity index (χ0n) is 11.2. The van der Waals surface area contributed by atoms with Crippen LogP contribution in [-0.2, 0) is 0 Å². The lowest BCUT2D eigenvalue weighted by atomic mass is 9.94. The zero-order valence-corrected chi connectivity index (χ0v) is 12.0. The molecule has 2 rings (SSSR count). The van der Waals surface area contributed by atoms with Crippen molar-refractivity contribution in [2.45, 2.75) is 37.0 Å². The largest absolute Gasteiger partial charge is 0.309 e. The highest BCUT2D eigenvalue weighted by molar-refractivity contribution is 7.99. The first kappa shape index (κ1) is 13.7. The van der Waals surface area contributed by atoms with Gasteiger partial charge >= 0.3 is 0 Å². The van der Waals surface area contributed by atoms with E-state index in [0.29, 0.717) is 6.04 Å². The summed E-state index contributed by atoms with van der Waals surface area (Å²) in [4.78, 5) is 0. The second-order valence-electron chi connectivity index (χ2n) is 5.02. The molecular formula is C16H23NS. The summed E-state index contributed by atoms with van der Waals surface area (Å²) in [6.45, 7) is 5.10. The van der Waals surface area contributed by atoms with Gasteiger partial charge in [0.2, 0.25) is 0 Å². The van der Waals surface area contributed by atoms with Gasteiger partial charge in [-0.05, 0) is 30.2 Å². The van der Waals surface area contributed by atoms with Crippen LogP contribution < -0.4 is 5.32 Å². The van der Waals surface area contributed by atoms with Crippen molar-refractivity contribution in [1.82, 2.24) is 5.32 Å². The van der Waals surface area contributed by atoms with Gasteiger partial charge in [-0.15, -0.1) is 0 Å². The predicted octanol–water partition coefficient (Wildman–Crippen LogP) is 3.96. The molecule has 1 aromatic rings. The van der Waals surface area contributed by atoms with Crippen LogP contribution in [0.1, 0.15) is 31.2 Å². The third-order valence-corrected chi connectivity index (χ3v) is 4.93. The van der Waals surface area contributed by atoms with Crippen molar-refractivity contribution in [2.75, 3.05) is 12.8 Å². The highest BCUT2D eigenvalue weighted by Gasteiger charge is 2.23. The second kappa shape index (κ2) is 7.01. The van der Waals surface area contributed by atoms with E-state index >= 15 is 0 Å². The number of thioether (sulfide) groups is 1. The van der Waals surface area contributed by atoms with Crippen molar-refractivity contribution in [3.63, 3.8) is 0 Å². The molecule has 1 saturated carbocycles. The van der Waals surface area contributed by atoms with Gasteiger partial charge in [0.15, 0.2) is 0 Å². The number of rotatable bonds is 5. The molecule has 1 aliphatic carbocycles. The molecule has 0 aliphatic heterocycles. The molecule has 0 spiro atoms. The zero-order chi connectivity index (χ0) is 12.8. The lowest BCUT2D eigenvalue weighted by Gasteiger charge is -2.31. The van der Waals surface area contributed by atoms with E-state index in [0.717, 1.165) is 11.8 Å². The Labute approximate surface area is 115 Å². The fourth-order valence-electron chi connectivity index (χ4n) is 2.64. The smallest absolute Gasteiger partial charge is 0.0208 e. The van der Waals surface area contributed by atoms with Crippen LogP contribution in [0.5, 0.6) is 0 Å². The average molecular weight is 261 g/mol. The molecule has 0 amide bonds. The van der Waals surface area contributed by atoms with E-state index in [4.69, 9.17) is 0 Å². The fraction of sp³-hybridized carbons (Fsp3) is 0.500. The van der Waals surface area contributed by atoms with E-state index in [-0.39, 0.29) is 0 Å². The maximum Gasteiger partial charge on any atom is 0.0208 e. The Morgan fingerprint density at radius 1 is 1.28 bits per heavy atom. The number of benzene rings is 1. The van der Waals surface area contributed by atoms with Crippen molar-refractivity contribution in [2.24, 2.45) is 0 Å². The van der Waals surface area contributed by atoms with Crippen LogP contribution >= 0.6 is 11.8 Å². The summed E-state index contributed by atoms with van der Waals surface area (Å²) < 4.78 is 0. The highest BCUT2D eigenvalue weighted by Crippen LogP contribution is 2.27. The van der Waals surface area contributed by atoms with Gasteiger partial charge in [-0.25, -0.2) is 0 Å². The summed E-state index contributed by atoms with van der Waals surface area (Å²) in [5.74, 6) is 0. The van der Waals surface area contributed by atoms with Crippen molar-refractivity contribution >= 4 is 17.3 Å². The van der Waals surface area contributed by atoms with Gasteiger partial charge in [0.1, 0.15) is 0 Å². The van der Waals surface area contributed by atoms with E-state index in [1.165, 1.54) is 36.8 Å². The molecule has 1 N–H and O–H groups in total. The quantitative estimate of drug-likeness (QED) is 0.861. The van der Waals surface area contributed by atoms with Crippen LogP contribution in [0.25, 0.3) is 5.57 Å². The molecular weight excluding hydrogens is 238 g/mol. The molecule has 2 heteroatoms. The summed E-state index contributed by atoms with van der Waals surface area (Å²) in [7, 11) is 0. The molecule has 0 bridgehead atoms. The Bertz CT molecular complexity index is 374. The van der Waals surface area contributed by atoms with Crippen molar-refractivity contribution in [1.29, 1.82) is 0 Å². The van der Waals surface area contributed by atoms with Crippen LogP contribution in [0.3, 0.4) is 0 Å². The van der Waals surface area contributed by atoms with Crippen LogP contribution in [-0.4, -0.2) is 24.1 Å². The molecule has 1 fully saturated rings. The van der Waals surface area contributed by atoms with Crippen LogP contribution in [0.2, 0.25) is 0 Å². The van der Waals surface area contributed by atoms with Gasteiger partial charge in [-0.1, -0.05) is 49.8 Å². The van der Waals surface area contributed by atoms with Crippen LogP contribution in [0.4, 0.5) is 0 Å². The molecule has 0 radical (unpaired) electrons. The Morgan fingerprint density at radius 3 is 2.72 bits per heavy atom. The van der Waals surface area contributed by atoms with Gasteiger partial charge in [0, 0.05) is 17.8 Å². The third-order valence-electron chi connectivity index (χ3n) is 3.76. The Kier molecular flexibility index (Phi) is 5.33. The normalized spacial score (nSPS) is 23.8. The molecule has 2 unspecified atom stereocenters. The first-order chi connectivity index (χ1) is 8.81. The Morgan fingerprint density at radius 2 is 2.00 bits per heavy atom. The standard InChI is InChI=1S/C16H23NS/c1-13(14-8-4-3-5-9-14)12-17-15-10-6-7-11-16(15)18-2/h3-5,8-9,15-17H,1,6-7,10-12H2,2H3. The topological polar surface area (TPSA) is 12.0 Å². The minimum Gasteiger partial charge on any atom is -0.309 e. The van der Waals surface area contributed by atoms with E-state index < -0.39 is 0 Å². The van der Waals surface area contributed by atoms with Crippen LogP contribution in [0.15, 0.2) is 36.9 Å². The van der Waals surface area contributed by atoms with Crippen LogP contribution in [0, 0.1) is 0 Å². The van der Waals surface area contributed by atoms with Gasteiger partial charge in [0.25, 0.3) is 0 Å². The Balaban J connectivity index is 1.85. The fourth-order valence-corrected chi connectivity index (χ4v) is 3.61. The number of hydrogen-bond donors (Lipinski definition) is 1. The maximum absolute atomic E-state index is 4.19. The molecule has 18 heavy (non-hydrogen) atoms. The monoisotopic (exact) mass is 261 g/mol. The van der Waals surface area contributed by atoms with Gasteiger partial charge in [0.05, 0.1) is 0 Å². The molecule has 2 atom stereocenters. The predicted molar refractivity (Wildman–Crippen MR) is 83.0 cm³/mol. The summed E-state index contributed by atoms with van der Waals surface area (Å²) >= 11 is 2.01. The second-order valence-corrected chi connectivity index (χ2v) is 6.09. The molecule has 0 saturated heterocycles. The summed E-state index contributed by atoms with van der Waals surface area (Å²) in [5, 5.41) is 4.48. The number of nitrogens with one attached hydrogen (secondary N) is 1. The van der Waals surface area contributed by atoms with Gasteiger partial charge in [-0.3, -0.25) is 0 Å². The summed E-state index contributed by atoms with van der Waals surface area (Å²) in [6.07, 6.45) is 7.66. The minimum atomic E-state index is 0.661. The first-order valence-corrected chi connectivity index (χ1v) is 8.09. The van der Waals surface area contributed by atoms with E-state index in [1.54, 1.807) is 0 Å². The average Bonchev–Trinajstić information content (AvgIpc) is 2.46. The van der Waals surface area contributed by atoms with E-state index in [9.17, 15) is 0 Å². The highest BCUT2D eigenvalue weighted by atomic mass is 32.2. The minimum absolute atomic E-state index is 0.661. The van der Waals surface area contributed by atoms with Crippen molar-refractivity contribution < 1.29 is 0 Å². The first-order valence-electron chi connectivity index (χ1n) is 6.80. The Hall–Kier alpha value is -0.730. The molecule has 98 valence electrons. The molecule has 1 nitrogen and oxygen atoms in total. The maximum atomic E-state index is 4.19. The molecule has 0 aromatic heterocycles. The van der Waals surface area contributed by atoms with Crippen molar-refractivity contribution in [3.05, 3.63) is 42.5 Å². The SMILES string of the molecule is C=C(CNC1CCCCC1SC)c1ccccc1. The number of hydrogen-bond acceptors (Lipinski definition) is 2. The lowest BCUT2D eigenvalue weighted by molar-refractivity contribution is 0.397. The molecule has 1 aliphatic rings. The van der Waals surface area contributed by atoms with Gasteiger partial charge in [-0.2, -0.15) is 11.8 Å².